The number of hydrogen-bond acceptors (Lipinski definition) is 5. The smallest absolute Gasteiger partial charge is 0.321 e. The van der Waals surface area contributed by atoms with Gasteiger partial charge in [0.05, 0.1) is 16.9 Å². The molecule has 1 aliphatic heterocycles. The number of carbonyl (C=O) groups excluding carboxylic acids is 2. The summed E-state index contributed by atoms with van der Waals surface area (Å²) in [5, 5.41) is 9.05. The highest BCUT2D eigenvalue weighted by Gasteiger charge is 2.35. The lowest BCUT2D eigenvalue weighted by molar-refractivity contribution is -0.140. The van der Waals surface area contributed by atoms with Gasteiger partial charge in [0.25, 0.3) is 11.8 Å². The Morgan fingerprint density at radius 1 is 1.16 bits per heavy atom. The van der Waals surface area contributed by atoms with Gasteiger partial charge in [0.1, 0.15) is 6.04 Å². The zero-order valence-corrected chi connectivity index (χ0v) is 14.7. The lowest BCUT2D eigenvalue weighted by atomic mass is 10.1. The molecule has 8 nitrogen and oxygen atoms in total. The number of sulfonamides is 1. The molecule has 1 aliphatic rings. The second-order valence-electron chi connectivity index (χ2n) is 6.16. The van der Waals surface area contributed by atoms with Crippen molar-refractivity contribution < 1.29 is 27.9 Å². The van der Waals surface area contributed by atoms with Crippen molar-refractivity contribution in [3.8, 4) is 0 Å². The Balaban J connectivity index is 1.96. The van der Waals surface area contributed by atoms with Crippen LogP contribution in [-0.4, -0.2) is 54.5 Å². The maximum atomic E-state index is 12.2. The van der Waals surface area contributed by atoms with Gasteiger partial charge in [-0.1, -0.05) is 26.0 Å². The average molecular weight is 368 g/mol. The van der Waals surface area contributed by atoms with E-state index in [1.807, 2.05) is 0 Å². The second-order valence-corrected chi connectivity index (χ2v) is 8.03. The molecule has 0 fully saturated rings. The first-order valence-electron chi connectivity index (χ1n) is 7.82. The lowest BCUT2D eigenvalue weighted by Gasteiger charge is -2.18. The molecule has 2 rings (SSSR count). The quantitative estimate of drug-likeness (QED) is 0.652. The SMILES string of the molecule is CC(C)[C@@H](NS(=O)(=O)CCCN1C(=O)c2ccccc2C1=O)C(=O)O. The van der Waals surface area contributed by atoms with E-state index in [9.17, 15) is 22.8 Å². The minimum absolute atomic E-state index is 0.0191. The van der Waals surface area contributed by atoms with Crippen LogP contribution in [0, 0.1) is 5.92 Å². The number of amides is 2. The Bertz CT molecular complexity index is 768. The van der Waals surface area contributed by atoms with Gasteiger partial charge in [-0.3, -0.25) is 19.3 Å². The highest BCUT2D eigenvalue weighted by atomic mass is 32.2. The molecule has 0 spiro atoms. The highest BCUT2D eigenvalue weighted by Crippen LogP contribution is 2.22. The molecule has 0 saturated heterocycles. The van der Waals surface area contributed by atoms with Crippen LogP contribution in [0.1, 0.15) is 41.0 Å². The second kappa shape index (κ2) is 7.32. The minimum Gasteiger partial charge on any atom is -0.480 e. The summed E-state index contributed by atoms with van der Waals surface area (Å²) < 4.78 is 26.2. The van der Waals surface area contributed by atoms with Crippen LogP contribution >= 0.6 is 0 Å². The molecule has 0 bridgehead atoms. The van der Waals surface area contributed by atoms with E-state index in [2.05, 4.69) is 4.72 Å². The molecular formula is C16H20N2O6S. The molecule has 2 N–H and O–H groups in total. The summed E-state index contributed by atoms with van der Waals surface area (Å²) in [6.45, 7) is 3.15. The summed E-state index contributed by atoms with van der Waals surface area (Å²) in [7, 11) is -3.85. The first-order chi connectivity index (χ1) is 11.6. The lowest BCUT2D eigenvalue weighted by Crippen LogP contribution is -2.45. The maximum Gasteiger partial charge on any atom is 0.321 e. The van der Waals surface area contributed by atoms with Crippen LogP contribution in [0.5, 0.6) is 0 Å². The molecule has 0 aliphatic carbocycles. The van der Waals surface area contributed by atoms with Crippen LogP contribution in [0.3, 0.4) is 0 Å². The van der Waals surface area contributed by atoms with Crippen molar-refractivity contribution in [2.45, 2.75) is 26.3 Å². The fourth-order valence-electron chi connectivity index (χ4n) is 2.58. The highest BCUT2D eigenvalue weighted by molar-refractivity contribution is 7.89. The van der Waals surface area contributed by atoms with Crippen LogP contribution in [0.25, 0.3) is 0 Å². The Morgan fingerprint density at radius 2 is 1.68 bits per heavy atom. The molecule has 2 amide bonds. The fourth-order valence-corrected chi connectivity index (χ4v) is 3.97. The summed E-state index contributed by atoms with van der Waals surface area (Å²) in [5.41, 5.74) is 0.610. The van der Waals surface area contributed by atoms with Crippen LogP contribution in [0.4, 0.5) is 0 Å². The van der Waals surface area contributed by atoms with E-state index in [1.54, 1.807) is 38.1 Å². The van der Waals surface area contributed by atoms with Crippen molar-refractivity contribution in [3.05, 3.63) is 35.4 Å². The van der Waals surface area contributed by atoms with E-state index in [0.717, 1.165) is 4.90 Å². The number of benzene rings is 1. The molecule has 0 saturated carbocycles. The van der Waals surface area contributed by atoms with Crippen LogP contribution in [0.15, 0.2) is 24.3 Å². The number of hydrogen-bond donors (Lipinski definition) is 2. The van der Waals surface area contributed by atoms with Crippen molar-refractivity contribution in [1.29, 1.82) is 0 Å². The summed E-state index contributed by atoms with van der Waals surface area (Å²) in [6, 6.07) is 5.19. The average Bonchev–Trinajstić information content (AvgIpc) is 2.77. The summed E-state index contributed by atoms with van der Waals surface area (Å²) in [5.74, 6) is -2.94. The number of carbonyl (C=O) groups is 3. The minimum atomic E-state index is -3.85. The Labute approximate surface area is 145 Å². The summed E-state index contributed by atoms with van der Waals surface area (Å²) in [4.78, 5) is 36.5. The molecule has 1 atom stereocenters. The number of nitrogens with one attached hydrogen (secondary N) is 1. The van der Waals surface area contributed by atoms with Gasteiger partial charge >= 0.3 is 5.97 Å². The third kappa shape index (κ3) is 4.23. The van der Waals surface area contributed by atoms with Crippen molar-refractivity contribution in [2.75, 3.05) is 12.3 Å². The zero-order valence-electron chi connectivity index (χ0n) is 13.9. The molecule has 1 heterocycles. The Morgan fingerprint density at radius 3 is 2.12 bits per heavy atom. The molecule has 25 heavy (non-hydrogen) atoms. The van der Waals surface area contributed by atoms with Gasteiger partial charge in [-0.2, -0.15) is 0 Å². The van der Waals surface area contributed by atoms with Gasteiger partial charge in [0.2, 0.25) is 10.0 Å². The first kappa shape index (κ1) is 19.1. The maximum absolute atomic E-state index is 12.2. The molecule has 0 radical (unpaired) electrons. The van der Waals surface area contributed by atoms with Crippen LogP contribution in [-0.2, 0) is 14.8 Å². The predicted octanol–water partition coefficient (Wildman–Crippen LogP) is 0.701. The number of carboxylic acids is 1. The van der Waals surface area contributed by atoms with E-state index in [-0.39, 0.29) is 18.7 Å². The van der Waals surface area contributed by atoms with Gasteiger partial charge in [0, 0.05) is 6.54 Å². The number of fused-ring (bicyclic) bond motifs is 1. The monoisotopic (exact) mass is 368 g/mol. The summed E-state index contributed by atoms with van der Waals surface area (Å²) in [6.07, 6.45) is 0.0191. The van der Waals surface area contributed by atoms with E-state index >= 15 is 0 Å². The van der Waals surface area contributed by atoms with Crippen molar-refractivity contribution >= 4 is 27.8 Å². The third-order valence-electron chi connectivity index (χ3n) is 3.91. The third-order valence-corrected chi connectivity index (χ3v) is 5.35. The largest absolute Gasteiger partial charge is 0.480 e. The van der Waals surface area contributed by atoms with E-state index in [0.29, 0.717) is 11.1 Å². The zero-order chi connectivity index (χ0) is 18.8. The number of nitrogens with zero attached hydrogens (tertiary/aromatic N) is 1. The Hall–Kier alpha value is -2.26. The van der Waals surface area contributed by atoms with Gasteiger partial charge < -0.3 is 5.11 Å². The molecule has 136 valence electrons. The fraction of sp³-hybridized carbons (Fsp3) is 0.438. The van der Waals surface area contributed by atoms with Crippen molar-refractivity contribution in [1.82, 2.24) is 9.62 Å². The van der Waals surface area contributed by atoms with Crippen molar-refractivity contribution in [3.63, 3.8) is 0 Å². The van der Waals surface area contributed by atoms with E-state index in [4.69, 9.17) is 5.11 Å². The molecule has 0 unspecified atom stereocenters. The number of imide groups is 1. The van der Waals surface area contributed by atoms with Crippen molar-refractivity contribution in [2.24, 2.45) is 5.92 Å². The molecule has 9 heteroatoms. The first-order valence-corrected chi connectivity index (χ1v) is 9.47. The van der Waals surface area contributed by atoms with Gasteiger partial charge in [-0.25, -0.2) is 13.1 Å². The topological polar surface area (TPSA) is 121 Å². The summed E-state index contributed by atoms with van der Waals surface area (Å²) >= 11 is 0. The number of carboxylic acid groups (broad SMARTS) is 1. The van der Waals surface area contributed by atoms with E-state index in [1.165, 1.54) is 0 Å². The van der Waals surface area contributed by atoms with E-state index < -0.39 is 39.8 Å². The number of aliphatic carboxylic acids is 1. The molecule has 1 aromatic rings. The van der Waals surface area contributed by atoms with Gasteiger partial charge in [0.15, 0.2) is 0 Å². The van der Waals surface area contributed by atoms with Gasteiger partial charge in [-0.15, -0.1) is 0 Å². The van der Waals surface area contributed by atoms with Crippen LogP contribution < -0.4 is 4.72 Å². The Kier molecular flexibility index (Phi) is 5.58. The predicted molar refractivity (Wildman–Crippen MR) is 89.6 cm³/mol. The molecule has 1 aromatic carbocycles. The number of rotatable bonds is 8. The molecular weight excluding hydrogens is 348 g/mol. The van der Waals surface area contributed by atoms with Gasteiger partial charge in [-0.05, 0) is 24.5 Å². The standard InChI is InChI=1S/C16H20N2O6S/c1-10(2)13(16(21)22)17-25(23,24)9-5-8-18-14(19)11-6-3-4-7-12(11)15(18)20/h3-4,6-7,10,13,17H,5,8-9H2,1-2H3,(H,21,22)/t13-/m1/s1. The van der Waals surface area contributed by atoms with Crippen LogP contribution in [0.2, 0.25) is 0 Å². The molecule has 0 aromatic heterocycles. The normalized spacial score (nSPS) is 15.6.